The molecule has 90 valence electrons. The second kappa shape index (κ2) is 6.66. The smallest absolute Gasteiger partial charge is 0.200 e. The molecule has 1 aliphatic rings. The predicted molar refractivity (Wildman–Crippen MR) is 68.6 cm³/mol. The zero-order valence-electron chi connectivity index (χ0n) is 10.6. The molecule has 0 spiro atoms. The average Bonchev–Trinajstić information content (AvgIpc) is 2.19. The molecule has 1 saturated carbocycles. The van der Waals surface area contributed by atoms with Crippen LogP contribution in [-0.4, -0.2) is 27.6 Å². The summed E-state index contributed by atoms with van der Waals surface area (Å²) in [5.74, 6) is 0.935. The van der Waals surface area contributed by atoms with Gasteiger partial charge in [-0.25, -0.2) is 0 Å². The molecule has 15 heavy (non-hydrogen) atoms. The summed E-state index contributed by atoms with van der Waals surface area (Å²) in [6, 6.07) is 0. The third-order valence-corrected chi connectivity index (χ3v) is 5.42. The summed E-state index contributed by atoms with van der Waals surface area (Å²) in [6.45, 7) is 8.76. The molecule has 0 unspecified atom stereocenters. The number of hydrogen-bond acceptors (Lipinski definition) is 2. The maximum atomic E-state index is 5.80. The largest absolute Gasteiger partial charge is 0.416 e. The van der Waals surface area contributed by atoms with Gasteiger partial charge in [0, 0.05) is 12.8 Å². The van der Waals surface area contributed by atoms with Gasteiger partial charge in [0.1, 0.15) is 0 Å². The molecule has 1 fully saturated rings. The van der Waals surface area contributed by atoms with Crippen LogP contribution >= 0.6 is 0 Å². The number of nitrogens with one attached hydrogen (secondary N) is 1. The first-order valence-corrected chi connectivity index (χ1v) is 9.60. The van der Waals surface area contributed by atoms with Gasteiger partial charge in [-0.05, 0) is 45.3 Å². The second-order valence-corrected chi connectivity index (χ2v) is 9.49. The van der Waals surface area contributed by atoms with Crippen molar-refractivity contribution in [3.05, 3.63) is 0 Å². The van der Waals surface area contributed by atoms with Crippen molar-refractivity contribution in [3.8, 4) is 0 Å². The normalized spacial score (nSPS) is 19.4. The van der Waals surface area contributed by atoms with Crippen molar-refractivity contribution in [2.24, 2.45) is 5.92 Å². The van der Waals surface area contributed by atoms with Crippen LogP contribution in [0.2, 0.25) is 13.1 Å². The Bertz CT molecular complexity index is 167. The van der Waals surface area contributed by atoms with Gasteiger partial charge in [-0.3, -0.25) is 0 Å². The Labute approximate surface area is 95.9 Å². The Hall–Kier alpha value is 0.137. The fourth-order valence-electron chi connectivity index (χ4n) is 2.41. The Balaban J connectivity index is 2.09. The highest BCUT2D eigenvalue weighted by Gasteiger charge is 2.22. The number of hydrogen-bond donors (Lipinski definition) is 1. The monoisotopic (exact) mass is 229 g/mol. The SMILES string of the molecule is CCO[Si](C)(C)CNCC1CCCCC1. The fraction of sp³-hybridized carbons (Fsp3) is 1.00. The lowest BCUT2D eigenvalue weighted by molar-refractivity contribution is 0.317. The molecule has 0 aromatic carbocycles. The minimum atomic E-state index is -1.40. The first kappa shape index (κ1) is 13.2. The highest BCUT2D eigenvalue weighted by molar-refractivity contribution is 6.71. The van der Waals surface area contributed by atoms with Gasteiger partial charge in [0.05, 0.1) is 0 Å². The van der Waals surface area contributed by atoms with E-state index in [9.17, 15) is 0 Å². The van der Waals surface area contributed by atoms with Crippen molar-refractivity contribution in [1.29, 1.82) is 0 Å². The molecular formula is C12H27NOSi. The van der Waals surface area contributed by atoms with Gasteiger partial charge in [-0.2, -0.15) is 0 Å². The zero-order chi connectivity index (χ0) is 11.1. The van der Waals surface area contributed by atoms with Crippen LogP contribution in [0.1, 0.15) is 39.0 Å². The predicted octanol–water partition coefficient (Wildman–Crippen LogP) is 2.94. The molecule has 2 nitrogen and oxygen atoms in total. The van der Waals surface area contributed by atoms with E-state index in [-0.39, 0.29) is 0 Å². The van der Waals surface area contributed by atoms with Crippen LogP contribution in [0.5, 0.6) is 0 Å². The molecule has 3 heteroatoms. The summed E-state index contributed by atoms with van der Waals surface area (Å²) < 4.78 is 5.80. The molecule has 0 atom stereocenters. The van der Waals surface area contributed by atoms with E-state index in [2.05, 4.69) is 25.3 Å². The summed E-state index contributed by atoms with van der Waals surface area (Å²) in [4.78, 5) is 0. The Morgan fingerprint density at radius 1 is 1.20 bits per heavy atom. The first-order valence-electron chi connectivity index (χ1n) is 6.49. The van der Waals surface area contributed by atoms with Crippen molar-refractivity contribution >= 4 is 8.32 Å². The van der Waals surface area contributed by atoms with Crippen LogP contribution in [-0.2, 0) is 4.43 Å². The number of rotatable bonds is 6. The molecule has 0 aliphatic heterocycles. The molecule has 0 aromatic rings. The summed E-state index contributed by atoms with van der Waals surface area (Å²) in [5.41, 5.74) is 0. The molecule has 0 radical (unpaired) electrons. The van der Waals surface area contributed by atoms with Crippen LogP contribution in [0.25, 0.3) is 0 Å². The van der Waals surface area contributed by atoms with E-state index in [1.54, 1.807) is 0 Å². The molecule has 0 amide bonds. The van der Waals surface area contributed by atoms with Crippen molar-refractivity contribution in [3.63, 3.8) is 0 Å². The van der Waals surface area contributed by atoms with Crippen molar-refractivity contribution in [1.82, 2.24) is 5.32 Å². The summed E-state index contributed by atoms with van der Waals surface area (Å²) in [5, 5.41) is 3.62. The van der Waals surface area contributed by atoms with Crippen LogP contribution < -0.4 is 5.32 Å². The molecule has 0 saturated heterocycles. The molecule has 0 bridgehead atoms. The van der Waals surface area contributed by atoms with Gasteiger partial charge >= 0.3 is 0 Å². The Kier molecular flexibility index (Phi) is 5.86. The molecule has 0 heterocycles. The van der Waals surface area contributed by atoms with E-state index in [4.69, 9.17) is 4.43 Å². The lowest BCUT2D eigenvalue weighted by Crippen LogP contribution is -2.44. The van der Waals surface area contributed by atoms with E-state index in [0.717, 1.165) is 18.7 Å². The van der Waals surface area contributed by atoms with E-state index in [1.807, 2.05) is 0 Å². The highest BCUT2D eigenvalue weighted by Crippen LogP contribution is 2.22. The minimum absolute atomic E-state index is 0.865. The molecular weight excluding hydrogens is 202 g/mol. The lowest BCUT2D eigenvalue weighted by Gasteiger charge is -2.26. The lowest BCUT2D eigenvalue weighted by atomic mass is 9.89. The van der Waals surface area contributed by atoms with Gasteiger partial charge in [0.15, 0.2) is 8.32 Å². The van der Waals surface area contributed by atoms with E-state index in [0.29, 0.717) is 0 Å². The molecule has 1 N–H and O–H groups in total. The van der Waals surface area contributed by atoms with Crippen LogP contribution in [0.4, 0.5) is 0 Å². The summed E-state index contributed by atoms with van der Waals surface area (Å²) in [6.07, 6.45) is 8.32. The Morgan fingerprint density at radius 3 is 2.47 bits per heavy atom. The van der Waals surface area contributed by atoms with Gasteiger partial charge in [-0.15, -0.1) is 0 Å². The van der Waals surface area contributed by atoms with Crippen molar-refractivity contribution in [2.75, 3.05) is 19.3 Å². The maximum absolute atomic E-state index is 5.80. The van der Waals surface area contributed by atoms with Crippen molar-refractivity contribution < 1.29 is 4.43 Å². The fourth-order valence-corrected chi connectivity index (χ4v) is 4.04. The Morgan fingerprint density at radius 2 is 1.87 bits per heavy atom. The van der Waals surface area contributed by atoms with E-state index >= 15 is 0 Å². The minimum Gasteiger partial charge on any atom is -0.416 e. The third kappa shape index (κ3) is 5.69. The maximum Gasteiger partial charge on any atom is 0.200 e. The van der Waals surface area contributed by atoms with Crippen molar-refractivity contribution in [2.45, 2.75) is 52.1 Å². The summed E-state index contributed by atoms with van der Waals surface area (Å²) >= 11 is 0. The van der Waals surface area contributed by atoms with E-state index < -0.39 is 8.32 Å². The molecule has 1 rings (SSSR count). The van der Waals surface area contributed by atoms with Gasteiger partial charge in [0.25, 0.3) is 0 Å². The second-order valence-electron chi connectivity index (χ2n) is 5.33. The van der Waals surface area contributed by atoms with Crippen LogP contribution in [0, 0.1) is 5.92 Å². The first-order chi connectivity index (χ1) is 7.14. The summed E-state index contributed by atoms with van der Waals surface area (Å²) in [7, 11) is -1.40. The third-order valence-electron chi connectivity index (χ3n) is 3.24. The van der Waals surface area contributed by atoms with Gasteiger partial charge in [0.2, 0.25) is 0 Å². The standard InChI is InChI=1S/C12H27NOSi/c1-4-14-15(2,3)11-13-10-12-8-6-5-7-9-12/h12-13H,4-11H2,1-3H3. The van der Waals surface area contributed by atoms with Gasteiger partial charge < -0.3 is 9.74 Å². The quantitative estimate of drug-likeness (QED) is 0.707. The van der Waals surface area contributed by atoms with Crippen LogP contribution in [0.15, 0.2) is 0 Å². The highest BCUT2D eigenvalue weighted by atomic mass is 28.4. The average molecular weight is 229 g/mol. The molecule has 0 aromatic heterocycles. The zero-order valence-corrected chi connectivity index (χ0v) is 11.6. The van der Waals surface area contributed by atoms with Gasteiger partial charge in [-0.1, -0.05) is 19.3 Å². The van der Waals surface area contributed by atoms with Crippen LogP contribution in [0.3, 0.4) is 0 Å². The topological polar surface area (TPSA) is 21.3 Å². The molecule has 1 aliphatic carbocycles. The van der Waals surface area contributed by atoms with E-state index in [1.165, 1.54) is 38.6 Å².